The van der Waals surface area contributed by atoms with Crippen LogP contribution in [0.2, 0.25) is 0 Å². The lowest BCUT2D eigenvalue weighted by molar-refractivity contribution is 0.261. The summed E-state index contributed by atoms with van der Waals surface area (Å²) in [4.78, 5) is 9.20. The minimum atomic E-state index is 0.315. The first-order chi connectivity index (χ1) is 13.0. The van der Waals surface area contributed by atoms with Gasteiger partial charge >= 0.3 is 0 Å². The van der Waals surface area contributed by atoms with Gasteiger partial charge in [0.05, 0.1) is 0 Å². The van der Waals surface area contributed by atoms with Gasteiger partial charge in [0, 0.05) is 42.4 Å². The summed E-state index contributed by atoms with van der Waals surface area (Å²) in [6.07, 6.45) is 0.994. The van der Waals surface area contributed by atoms with Crippen LogP contribution >= 0.6 is 11.3 Å². The Morgan fingerprint density at radius 2 is 2.07 bits per heavy atom. The van der Waals surface area contributed by atoms with Crippen molar-refractivity contribution >= 4 is 17.3 Å². The van der Waals surface area contributed by atoms with Gasteiger partial charge in [0.15, 0.2) is 5.96 Å². The maximum Gasteiger partial charge on any atom is 0.191 e. The second-order valence-corrected chi connectivity index (χ2v) is 8.36. The normalized spacial score (nSPS) is 12.9. The second-order valence-electron chi connectivity index (χ2n) is 6.99. The number of guanidine groups is 1. The van der Waals surface area contributed by atoms with Crippen molar-refractivity contribution in [3.05, 3.63) is 51.7 Å². The van der Waals surface area contributed by atoms with Crippen molar-refractivity contribution in [2.45, 2.75) is 32.9 Å². The van der Waals surface area contributed by atoms with Gasteiger partial charge in [-0.25, -0.2) is 0 Å². The molecule has 2 N–H and O–H groups in total. The maximum absolute atomic E-state index is 5.81. The highest BCUT2D eigenvalue weighted by Gasteiger charge is 2.08. The monoisotopic (exact) mass is 388 g/mol. The molecule has 0 fully saturated rings. The molecule has 1 aromatic carbocycles. The second kappa shape index (κ2) is 10.9. The molecule has 0 radical (unpaired) electrons. The molecule has 27 heavy (non-hydrogen) atoms. The van der Waals surface area contributed by atoms with Gasteiger partial charge in [-0.3, -0.25) is 4.99 Å². The van der Waals surface area contributed by atoms with Crippen LogP contribution in [0, 0.1) is 6.92 Å². The fourth-order valence-corrected chi connectivity index (χ4v) is 3.67. The van der Waals surface area contributed by atoms with E-state index in [4.69, 9.17) is 4.74 Å². The van der Waals surface area contributed by atoms with E-state index in [0.717, 1.165) is 24.7 Å². The molecular weight excluding hydrogens is 356 g/mol. The number of hydrogen-bond acceptors (Lipinski definition) is 4. The van der Waals surface area contributed by atoms with E-state index >= 15 is 0 Å². The molecule has 1 aromatic heterocycles. The lowest BCUT2D eigenvalue weighted by Crippen LogP contribution is -2.42. The molecule has 0 bridgehead atoms. The molecule has 0 saturated heterocycles. The first-order valence-corrected chi connectivity index (χ1v) is 10.2. The third-order valence-electron chi connectivity index (χ3n) is 4.08. The average Bonchev–Trinajstić information content (AvgIpc) is 3.03. The topological polar surface area (TPSA) is 48.9 Å². The van der Waals surface area contributed by atoms with E-state index in [-0.39, 0.29) is 0 Å². The molecule has 0 aliphatic rings. The maximum atomic E-state index is 5.81. The minimum absolute atomic E-state index is 0.315. The van der Waals surface area contributed by atoms with Crippen LogP contribution in [-0.2, 0) is 13.0 Å². The largest absolute Gasteiger partial charge is 0.492 e. The summed E-state index contributed by atoms with van der Waals surface area (Å²) in [5, 5.41) is 6.85. The summed E-state index contributed by atoms with van der Waals surface area (Å²) in [6, 6.07) is 12.9. The molecule has 0 saturated carbocycles. The molecule has 148 valence electrons. The zero-order chi connectivity index (χ0) is 19.6. The smallest absolute Gasteiger partial charge is 0.191 e. The first-order valence-electron chi connectivity index (χ1n) is 9.35. The fourth-order valence-electron chi connectivity index (χ4n) is 2.65. The summed E-state index contributed by atoms with van der Waals surface area (Å²) >= 11 is 1.85. The molecule has 0 amide bonds. The van der Waals surface area contributed by atoms with Crippen molar-refractivity contribution in [1.82, 2.24) is 15.5 Å². The van der Waals surface area contributed by atoms with E-state index in [1.807, 2.05) is 37.6 Å². The Hall–Kier alpha value is -2.05. The van der Waals surface area contributed by atoms with Crippen molar-refractivity contribution in [3.8, 4) is 5.75 Å². The van der Waals surface area contributed by atoms with Crippen LogP contribution in [0.15, 0.2) is 41.4 Å². The van der Waals surface area contributed by atoms with Crippen LogP contribution in [0.1, 0.15) is 22.2 Å². The van der Waals surface area contributed by atoms with Crippen LogP contribution in [0.4, 0.5) is 0 Å². The highest BCUT2D eigenvalue weighted by molar-refractivity contribution is 7.11. The number of benzene rings is 1. The Balaban J connectivity index is 1.81. The summed E-state index contributed by atoms with van der Waals surface area (Å²) in [5.74, 6) is 1.72. The number of hydrogen-bond donors (Lipinski definition) is 2. The molecule has 0 aliphatic carbocycles. The SMILES string of the molecule is CN=C(NCc1cccc(OCCN(C)C)c1)NC(C)Cc1ccc(C)s1. The van der Waals surface area contributed by atoms with Gasteiger partial charge in [0.2, 0.25) is 0 Å². The third-order valence-corrected chi connectivity index (χ3v) is 5.10. The highest BCUT2D eigenvalue weighted by Crippen LogP contribution is 2.16. The van der Waals surface area contributed by atoms with Crippen molar-refractivity contribution in [2.24, 2.45) is 4.99 Å². The van der Waals surface area contributed by atoms with Crippen molar-refractivity contribution in [2.75, 3.05) is 34.3 Å². The predicted octanol–water partition coefficient (Wildman–Crippen LogP) is 3.29. The molecule has 1 unspecified atom stereocenters. The van der Waals surface area contributed by atoms with Crippen molar-refractivity contribution in [1.29, 1.82) is 0 Å². The van der Waals surface area contributed by atoms with E-state index in [0.29, 0.717) is 19.2 Å². The molecule has 6 heteroatoms. The van der Waals surface area contributed by atoms with Gasteiger partial charge in [-0.2, -0.15) is 0 Å². The van der Waals surface area contributed by atoms with Crippen molar-refractivity contribution < 1.29 is 4.74 Å². The number of likely N-dealkylation sites (N-methyl/N-ethyl adjacent to an activating group) is 1. The Labute approximate surface area is 167 Å². The Kier molecular flexibility index (Phi) is 8.61. The van der Waals surface area contributed by atoms with Gasteiger partial charge in [0.25, 0.3) is 0 Å². The average molecular weight is 389 g/mol. The van der Waals surface area contributed by atoms with Gasteiger partial charge in [-0.1, -0.05) is 12.1 Å². The molecule has 5 nitrogen and oxygen atoms in total. The van der Waals surface area contributed by atoms with Crippen LogP contribution in [0.3, 0.4) is 0 Å². The van der Waals surface area contributed by atoms with Gasteiger partial charge < -0.3 is 20.3 Å². The number of nitrogens with zero attached hydrogens (tertiary/aromatic N) is 2. The first kappa shape index (κ1) is 21.3. The number of nitrogens with one attached hydrogen (secondary N) is 2. The number of aliphatic imine (C=N–C) groups is 1. The Morgan fingerprint density at radius 1 is 1.26 bits per heavy atom. The van der Waals surface area contributed by atoms with E-state index in [2.05, 4.69) is 58.6 Å². The fraction of sp³-hybridized carbons (Fsp3) is 0.476. The van der Waals surface area contributed by atoms with Crippen LogP contribution in [-0.4, -0.2) is 51.2 Å². The summed E-state index contributed by atoms with van der Waals surface area (Å²) in [6.45, 7) is 6.62. The van der Waals surface area contributed by atoms with Gasteiger partial charge in [0.1, 0.15) is 12.4 Å². The summed E-state index contributed by atoms with van der Waals surface area (Å²) < 4.78 is 5.81. The standard InChI is InChI=1S/C21H32N4OS/c1-16(13-20-10-9-17(2)27-20)24-21(22-3)23-15-18-7-6-8-19(14-18)26-12-11-25(4)5/h6-10,14,16H,11-13,15H2,1-5H3,(H2,22,23,24). The zero-order valence-corrected chi connectivity index (χ0v) is 17.9. The molecule has 1 atom stereocenters. The summed E-state index contributed by atoms with van der Waals surface area (Å²) in [5.41, 5.74) is 1.17. The number of thiophene rings is 1. The van der Waals surface area contributed by atoms with Gasteiger partial charge in [-0.05, 0) is 57.8 Å². The van der Waals surface area contributed by atoms with E-state index < -0.39 is 0 Å². The van der Waals surface area contributed by atoms with E-state index in [9.17, 15) is 0 Å². The number of aryl methyl sites for hydroxylation is 1. The lowest BCUT2D eigenvalue weighted by Gasteiger charge is -2.18. The minimum Gasteiger partial charge on any atom is -0.492 e. The molecule has 2 aromatic rings. The Bertz CT molecular complexity index is 726. The predicted molar refractivity (Wildman–Crippen MR) is 116 cm³/mol. The summed E-state index contributed by atoms with van der Waals surface area (Å²) in [7, 11) is 5.89. The zero-order valence-electron chi connectivity index (χ0n) is 17.1. The number of rotatable bonds is 9. The van der Waals surface area contributed by atoms with E-state index in [1.54, 1.807) is 7.05 Å². The quantitative estimate of drug-likeness (QED) is 0.511. The lowest BCUT2D eigenvalue weighted by atomic mass is 10.2. The molecule has 1 heterocycles. The number of ether oxygens (including phenoxy) is 1. The van der Waals surface area contributed by atoms with Crippen LogP contribution in [0.25, 0.3) is 0 Å². The molecular formula is C21H32N4OS. The van der Waals surface area contributed by atoms with Crippen LogP contribution < -0.4 is 15.4 Å². The van der Waals surface area contributed by atoms with E-state index in [1.165, 1.54) is 15.3 Å². The molecule has 0 spiro atoms. The molecule has 0 aliphatic heterocycles. The van der Waals surface area contributed by atoms with Crippen molar-refractivity contribution in [3.63, 3.8) is 0 Å². The van der Waals surface area contributed by atoms with Gasteiger partial charge in [-0.15, -0.1) is 11.3 Å². The molecule has 2 rings (SSSR count). The highest BCUT2D eigenvalue weighted by atomic mass is 32.1. The Morgan fingerprint density at radius 3 is 2.74 bits per heavy atom. The third kappa shape index (κ3) is 8.01. The van der Waals surface area contributed by atoms with Crippen LogP contribution in [0.5, 0.6) is 5.75 Å².